The van der Waals surface area contributed by atoms with E-state index in [4.69, 9.17) is 4.74 Å². The lowest BCUT2D eigenvalue weighted by atomic mass is 10.2. The lowest BCUT2D eigenvalue weighted by Gasteiger charge is -2.19. The van der Waals surface area contributed by atoms with E-state index in [9.17, 15) is 4.79 Å². The zero-order chi connectivity index (χ0) is 22.1. The highest BCUT2D eigenvalue weighted by molar-refractivity contribution is 8.19. The summed E-state index contributed by atoms with van der Waals surface area (Å²) in [6, 6.07) is 15.9. The Morgan fingerprint density at radius 2 is 1.97 bits per heavy atom. The molecule has 162 valence electrons. The van der Waals surface area contributed by atoms with Crippen molar-refractivity contribution in [2.45, 2.75) is 18.4 Å². The Labute approximate surface area is 193 Å². The van der Waals surface area contributed by atoms with Gasteiger partial charge in [-0.25, -0.2) is 5.10 Å². The van der Waals surface area contributed by atoms with E-state index in [0.717, 1.165) is 33.5 Å². The number of rotatable bonds is 5. The molecule has 1 fully saturated rings. The topological polar surface area (TPSA) is 86.7 Å². The van der Waals surface area contributed by atoms with Crippen LogP contribution in [0.3, 0.4) is 0 Å². The molecule has 0 bridgehead atoms. The van der Waals surface area contributed by atoms with Gasteiger partial charge in [-0.05, 0) is 36.4 Å². The molecule has 2 aromatic carbocycles. The van der Waals surface area contributed by atoms with E-state index in [0.29, 0.717) is 22.6 Å². The summed E-state index contributed by atoms with van der Waals surface area (Å²) in [7, 11) is 1.66. The van der Waals surface area contributed by atoms with Crippen molar-refractivity contribution in [2.75, 3.05) is 18.6 Å². The molecule has 32 heavy (non-hydrogen) atoms. The molecule has 1 N–H and O–H groups in total. The number of carbonyl (C=O) groups excluding carboxylic acids is 1. The Morgan fingerprint density at radius 1 is 1.12 bits per heavy atom. The number of benzene rings is 2. The van der Waals surface area contributed by atoms with E-state index in [-0.39, 0.29) is 5.91 Å². The van der Waals surface area contributed by atoms with Gasteiger partial charge in [0, 0.05) is 17.5 Å². The largest absolute Gasteiger partial charge is 0.497 e. The van der Waals surface area contributed by atoms with E-state index in [1.54, 1.807) is 23.8 Å². The molecule has 10 heteroatoms. The van der Waals surface area contributed by atoms with Gasteiger partial charge in [0.15, 0.2) is 5.17 Å². The van der Waals surface area contributed by atoms with Crippen LogP contribution in [0.2, 0.25) is 0 Å². The highest BCUT2D eigenvalue weighted by Gasteiger charge is 2.40. The van der Waals surface area contributed by atoms with Crippen LogP contribution in [0.1, 0.15) is 12.5 Å². The summed E-state index contributed by atoms with van der Waals surface area (Å²) in [5.74, 6) is 1.08. The Kier molecular flexibility index (Phi) is 5.62. The first kappa shape index (κ1) is 20.7. The van der Waals surface area contributed by atoms with Gasteiger partial charge < -0.3 is 9.64 Å². The SMILES string of the molecule is CCN1/C(=C2/SC(=Nc3ncn[nH]3)N(Cc3ccccc3)C2=O)Sc2ccc(OC)cc21. The van der Waals surface area contributed by atoms with Crippen molar-refractivity contribution in [1.29, 1.82) is 0 Å². The summed E-state index contributed by atoms with van der Waals surface area (Å²) in [6.45, 7) is 3.23. The average molecular weight is 465 g/mol. The maximum Gasteiger partial charge on any atom is 0.269 e. The smallest absolute Gasteiger partial charge is 0.269 e. The summed E-state index contributed by atoms with van der Waals surface area (Å²) in [5.41, 5.74) is 2.07. The second-order valence-corrected chi connectivity index (χ2v) is 9.00. The summed E-state index contributed by atoms with van der Waals surface area (Å²) in [5, 5.41) is 8.10. The summed E-state index contributed by atoms with van der Waals surface area (Å²) in [6.07, 6.45) is 1.40. The molecule has 3 aromatic rings. The van der Waals surface area contributed by atoms with Gasteiger partial charge in [-0.15, -0.1) is 0 Å². The molecule has 8 nitrogen and oxygen atoms in total. The van der Waals surface area contributed by atoms with Gasteiger partial charge >= 0.3 is 0 Å². The maximum atomic E-state index is 13.6. The summed E-state index contributed by atoms with van der Waals surface area (Å²) in [4.78, 5) is 27.9. The average Bonchev–Trinajstić information content (AvgIpc) is 3.53. The molecule has 1 aromatic heterocycles. The minimum atomic E-state index is -0.0714. The third-order valence-corrected chi connectivity index (χ3v) is 7.45. The van der Waals surface area contributed by atoms with Crippen LogP contribution < -0.4 is 9.64 Å². The zero-order valence-corrected chi connectivity index (χ0v) is 19.1. The first-order valence-corrected chi connectivity index (χ1v) is 11.7. The molecule has 3 heterocycles. The van der Waals surface area contributed by atoms with Crippen LogP contribution in [0.25, 0.3) is 0 Å². The van der Waals surface area contributed by atoms with Gasteiger partial charge in [0.05, 0.1) is 19.3 Å². The second kappa shape index (κ2) is 8.71. The van der Waals surface area contributed by atoms with Gasteiger partial charge in [0.1, 0.15) is 22.0 Å². The van der Waals surface area contributed by atoms with Crippen LogP contribution in [0.5, 0.6) is 5.75 Å². The number of hydrogen-bond donors (Lipinski definition) is 1. The van der Waals surface area contributed by atoms with E-state index in [1.165, 1.54) is 18.1 Å². The predicted molar refractivity (Wildman–Crippen MR) is 127 cm³/mol. The molecule has 0 aliphatic carbocycles. The maximum absolute atomic E-state index is 13.6. The lowest BCUT2D eigenvalue weighted by Crippen LogP contribution is -2.29. The number of methoxy groups -OCH3 is 1. The van der Waals surface area contributed by atoms with Crippen LogP contribution in [-0.2, 0) is 11.3 Å². The number of fused-ring (bicyclic) bond motifs is 1. The molecule has 5 rings (SSSR count). The quantitative estimate of drug-likeness (QED) is 0.561. The number of aromatic nitrogens is 3. The van der Waals surface area contributed by atoms with Crippen molar-refractivity contribution in [1.82, 2.24) is 20.1 Å². The Balaban J connectivity index is 1.55. The molecule has 1 amide bonds. The van der Waals surface area contributed by atoms with Crippen LogP contribution in [0.4, 0.5) is 11.6 Å². The number of ether oxygens (including phenoxy) is 1. The van der Waals surface area contributed by atoms with E-state index < -0.39 is 0 Å². The number of aliphatic imine (C=N–C) groups is 1. The van der Waals surface area contributed by atoms with Gasteiger partial charge in [-0.1, -0.05) is 42.1 Å². The van der Waals surface area contributed by atoms with Gasteiger partial charge in [0.25, 0.3) is 5.91 Å². The van der Waals surface area contributed by atoms with Crippen molar-refractivity contribution < 1.29 is 9.53 Å². The standard InChI is InChI=1S/C22H20N6O2S2/c1-3-27-16-11-15(30-2)9-10-17(16)31-20(27)18-19(29)28(12-14-7-5-4-6-8-14)22(32-18)25-21-23-13-24-26-21/h4-11,13H,3,12H2,1-2H3,(H,23,24,26)/b20-18-,25-22?. The first-order chi connectivity index (χ1) is 15.7. The molecule has 2 aliphatic heterocycles. The molecule has 0 radical (unpaired) electrons. The first-order valence-electron chi connectivity index (χ1n) is 10.0. The molecular formula is C22H20N6O2S2. The van der Waals surface area contributed by atoms with Crippen molar-refractivity contribution >= 4 is 46.2 Å². The van der Waals surface area contributed by atoms with Crippen molar-refractivity contribution in [3.8, 4) is 5.75 Å². The Morgan fingerprint density at radius 3 is 2.69 bits per heavy atom. The second-order valence-electron chi connectivity index (χ2n) is 7.00. The number of nitrogens with zero attached hydrogens (tertiary/aromatic N) is 5. The monoisotopic (exact) mass is 464 g/mol. The third-order valence-electron chi connectivity index (χ3n) is 5.07. The van der Waals surface area contributed by atoms with Gasteiger partial charge in [-0.3, -0.25) is 9.69 Å². The fourth-order valence-electron chi connectivity index (χ4n) is 3.54. The third kappa shape index (κ3) is 3.76. The summed E-state index contributed by atoms with van der Waals surface area (Å²) < 4.78 is 5.41. The minimum Gasteiger partial charge on any atom is -0.497 e. The van der Waals surface area contributed by atoms with Crippen molar-refractivity contribution in [3.63, 3.8) is 0 Å². The lowest BCUT2D eigenvalue weighted by molar-refractivity contribution is -0.122. The van der Waals surface area contributed by atoms with Crippen LogP contribution in [-0.4, -0.2) is 44.8 Å². The molecule has 1 saturated heterocycles. The van der Waals surface area contributed by atoms with Crippen molar-refractivity contribution in [3.05, 3.63) is 70.4 Å². The number of H-pyrrole nitrogens is 1. The van der Waals surface area contributed by atoms with Crippen LogP contribution in [0, 0.1) is 0 Å². The number of aromatic amines is 1. The Bertz CT molecular complexity index is 1210. The number of nitrogens with one attached hydrogen (secondary N) is 1. The minimum absolute atomic E-state index is 0.0714. The van der Waals surface area contributed by atoms with Crippen LogP contribution >= 0.6 is 23.5 Å². The zero-order valence-electron chi connectivity index (χ0n) is 17.5. The fraction of sp³-hybridized carbons (Fsp3) is 0.182. The molecule has 0 unspecified atom stereocenters. The number of carbonyl (C=O) groups is 1. The number of amidine groups is 1. The van der Waals surface area contributed by atoms with Crippen molar-refractivity contribution in [2.24, 2.45) is 4.99 Å². The van der Waals surface area contributed by atoms with Gasteiger partial charge in [-0.2, -0.15) is 15.1 Å². The van der Waals surface area contributed by atoms with Gasteiger partial charge in [0.2, 0.25) is 5.95 Å². The molecular weight excluding hydrogens is 444 g/mol. The number of anilines is 1. The predicted octanol–water partition coefficient (Wildman–Crippen LogP) is 4.38. The highest BCUT2D eigenvalue weighted by atomic mass is 32.2. The van der Waals surface area contributed by atoms with Crippen LogP contribution in [0.15, 0.2) is 74.7 Å². The number of amides is 1. The number of thioether (sulfide) groups is 2. The van der Waals surface area contributed by atoms with E-state index in [2.05, 4.69) is 32.0 Å². The highest BCUT2D eigenvalue weighted by Crippen LogP contribution is 2.51. The van der Waals surface area contributed by atoms with E-state index >= 15 is 0 Å². The normalized spacial score (nSPS) is 19.2. The Hall–Kier alpha value is -3.24. The molecule has 0 spiro atoms. The number of hydrogen-bond acceptors (Lipinski definition) is 8. The van der Waals surface area contributed by atoms with E-state index in [1.807, 2.05) is 48.5 Å². The summed E-state index contributed by atoms with van der Waals surface area (Å²) >= 11 is 2.96. The molecule has 0 saturated carbocycles. The fourth-order valence-corrected chi connectivity index (χ4v) is 5.89. The molecule has 2 aliphatic rings. The molecule has 0 atom stereocenters.